The van der Waals surface area contributed by atoms with Gasteiger partial charge >= 0.3 is 0 Å². The second kappa shape index (κ2) is 8.03. The van der Waals surface area contributed by atoms with Crippen molar-refractivity contribution >= 4 is 15.8 Å². The van der Waals surface area contributed by atoms with E-state index in [1.54, 1.807) is 24.3 Å². The van der Waals surface area contributed by atoms with Crippen molar-refractivity contribution in [3.8, 4) is 0 Å². The van der Waals surface area contributed by atoms with E-state index < -0.39 is 15.0 Å². The summed E-state index contributed by atoms with van der Waals surface area (Å²) < 4.78 is 29.0. The fourth-order valence-electron chi connectivity index (χ4n) is 2.16. The molecule has 2 rings (SSSR count). The smallest absolute Gasteiger partial charge is 0.266 e. The zero-order chi connectivity index (χ0) is 17.6. The van der Waals surface area contributed by atoms with Crippen LogP contribution in [0.25, 0.3) is 0 Å². The summed E-state index contributed by atoms with van der Waals surface area (Å²) in [5.41, 5.74) is 2.02. The maximum Gasteiger partial charge on any atom is 0.296 e. The van der Waals surface area contributed by atoms with Crippen molar-refractivity contribution in [2.75, 3.05) is 6.61 Å². The lowest BCUT2D eigenvalue weighted by molar-refractivity contribution is -0.384. The molecule has 0 unspecified atom stereocenters. The highest BCUT2D eigenvalue weighted by molar-refractivity contribution is 7.86. The summed E-state index contributed by atoms with van der Waals surface area (Å²) in [4.78, 5) is 10.3. The van der Waals surface area contributed by atoms with Crippen LogP contribution in [0, 0.1) is 17.0 Å². The molecule has 24 heavy (non-hydrogen) atoms. The van der Waals surface area contributed by atoms with Gasteiger partial charge in [0.05, 0.1) is 16.4 Å². The Morgan fingerprint density at radius 2 is 1.62 bits per heavy atom. The second-order valence-electron chi connectivity index (χ2n) is 5.47. The van der Waals surface area contributed by atoms with Crippen LogP contribution < -0.4 is 0 Å². The molecule has 0 aromatic heterocycles. The summed E-state index contributed by atoms with van der Waals surface area (Å²) in [6, 6.07) is 12.9. The SMILES string of the molecule is Cc1ccc(S(=O)(=O)OCCCCc2ccc([N+](=O)[O-])cc2)cc1. The van der Waals surface area contributed by atoms with Crippen molar-refractivity contribution in [1.82, 2.24) is 0 Å². The molecule has 2 aromatic carbocycles. The van der Waals surface area contributed by atoms with Gasteiger partial charge in [0.25, 0.3) is 15.8 Å². The Morgan fingerprint density at radius 3 is 2.21 bits per heavy atom. The van der Waals surface area contributed by atoms with Crippen molar-refractivity contribution < 1.29 is 17.5 Å². The van der Waals surface area contributed by atoms with Crippen molar-refractivity contribution in [3.63, 3.8) is 0 Å². The highest BCUT2D eigenvalue weighted by Gasteiger charge is 2.14. The minimum absolute atomic E-state index is 0.0614. The largest absolute Gasteiger partial charge is 0.296 e. The Balaban J connectivity index is 1.76. The van der Waals surface area contributed by atoms with Crippen molar-refractivity contribution in [1.29, 1.82) is 0 Å². The second-order valence-corrected chi connectivity index (χ2v) is 7.09. The first-order valence-corrected chi connectivity index (χ1v) is 8.99. The Morgan fingerprint density at radius 1 is 1.00 bits per heavy atom. The van der Waals surface area contributed by atoms with Gasteiger partial charge in [0, 0.05) is 12.1 Å². The number of nitrogens with zero attached hydrogens (tertiary/aromatic N) is 1. The van der Waals surface area contributed by atoms with E-state index >= 15 is 0 Å². The molecule has 0 aliphatic carbocycles. The summed E-state index contributed by atoms with van der Waals surface area (Å²) in [6.45, 7) is 2.00. The molecule has 0 atom stereocenters. The zero-order valence-corrected chi connectivity index (χ0v) is 14.2. The van der Waals surface area contributed by atoms with Crippen LogP contribution in [0.3, 0.4) is 0 Å². The molecule has 0 bridgehead atoms. The molecule has 7 heteroatoms. The van der Waals surface area contributed by atoms with Gasteiger partial charge in [-0.15, -0.1) is 0 Å². The van der Waals surface area contributed by atoms with Gasteiger partial charge in [-0.1, -0.05) is 29.8 Å². The zero-order valence-electron chi connectivity index (χ0n) is 13.3. The minimum atomic E-state index is -3.71. The Kier molecular flexibility index (Phi) is 6.05. The average Bonchev–Trinajstić information content (AvgIpc) is 2.55. The van der Waals surface area contributed by atoms with Crippen LogP contribution in [-0.4, -0.2) is 19.9 Å². The monoisotopic (exact) mass is 349 g/mol. The van der Waals surface area contributed by atoms with E-state index in [0.29, 0.717) is 12.8 Å². The summed E-state index contributed by atoms with van der Waals surface area (Å²) in [7, 11) is -3.71. The van der Waals surface area contributed by atoms with Crippen LogP contribution in [0.4, 0.5) is 5.69 Å². The fraction of sp³-hybridized carbons (Fsp3) is 0.294. The molecular weight excluding hydrogens is 330 g/mol. The molecule has 0 fully saturated rings. The first-order chi connectivity index (χ1) is 11.4. The van der Waals surface area contributed by atoms with Crippen LogP contribution in [0.2, 0.25) is 0 Å². The van der Waals surface area contributed by atoms with Crippen LogP contribution in [0.1, 0.15) is 24.0 Å². The lowest BCUT2D eigenvalue weighted by Crippen LogP contribution is -2.07. The van der Waals surface area contributed by atoms with Gasteiger partial charge in [0.15, 0.2) is 0 Å². The quantitative estimate of drug-likeness (QED) is 0.314. The summed E-state index contributed by atoms with van der Waals surface area (Å²) in [6.07, 6.45) is 2.04. The number of hydrogen-bond acceptors (Lipinski definition) is 5. The number of nitro groups is 1. The molecule has 0 saturated carbocycles. The third kappa shape index (κ3) is 5.14. The van der Waals surface area contributed by atoms with Crippen LogP contribution >= 0.6 is 0 Å². The summed E-state index contributed by atoms with van der Waals surface area (Å²) in [5, 5.41) is 10.6. The third-order valence-electron chi connectivity index (χ3n) is 3.56. The van der Waals surface area contributed by atoms with Gasteiger partial charge in [0.2, 0.25) is 0 Å². The number of benzene rings is 2. The number of rotatable bonds is 8. The molecule has 0 spiro atoms. The standard InChI is InChI=1S/C17H19NO5S/c1-14-5-11-17(12-6-14)24(21,22)23-13-3-2-4-15-7-9-16(10-8-15)18(19)20/h5-12H,2-4,13H2,1H3. The van der Waals surface area contributed by atoms with E-state index in [1.807, 2.05) is 6.92 Å². The normalized spacial score (nSPS) is 11.4. The van der Waals surface area contributed by atoms with Crippen molar-refractivity contribution in [2.45, 2.75) is 31.1 Å². The van der Waals surface area contributed by atoms with E-state index in [0.717, 1.165) is 17.5 Å². The topological polar surface area (TPSA) is 86.5 Å². The molecular formula is C17H19NO5S. The summed E-state index contributed by atoms with van der Waals surface area (Å²) >= 11 is 0. The van der Waals surface area contributed by atoms with Gasteiger partial charge in [-0.25, -0.2) is 0 Å². The Hall–Kier alpha value is -2.25. The molecule has 0 saturated heterocycles. The predicted molar refractivity (Wildman–Crippen MR) is 90.4 cm³/mol. The highest BCUT2D eigenvalue weighted by Crippen LogP contribution is 2.15. The lowest BCUT2D eigenvalue weighted by Gasteiger charge is -2.06. The molecule has 0 N–H and O–H groups in total. The number of nitro benzene ring substituents is 1. The molecule has 0 radical (unpaired) electrons. The number of hydrogen-bond donors (Lipinski definition) is 0. The Bertz CT molecular complexity index is 783. The first-order valence-electron chi connectivity index (χ1n) is 7.58. The molecule has 0 heterocycles. The number of unbranched alkanes of at least 4 members (excludes halogenated alkanes) is 1. The van der Waals surface area contributed by atoms with Gasteiger partial charge in [-0.2, -0.15) is 8.42 Å². The number of aryl methyl sites for hydroxylation is 2. The average molecular weight is 349 g/mol. The first kappa shape index (κ1) is 18.1. The fourth-order valence-corrected chi connectivity index (χ4v) is 3.10. The van der Waals surface area contributed by atoms with E-state index in [1.165, 1.54) is 24.3 Å². The Labute approximate surface area is 141 Å². The van der Waals surface area contributed by atoms with Crippen molar-refractivity contribution in [2.24, 2.45) is 0 Å². The van der Waals surface area contributed by atoms with Gasteiger partial charge in [-0.3, -0.25) is 14.3 Å². The van der Waals surface area contributed by atoms with Crippen LogP contribution in [0.5, 0.6) is 0 Å². The number of non-ortho nitro benzene ring substituents is 1. The van der Waals surface area contributed by atoms with Gasteiger partial charge < -0.3 is 0 Å². The van der Waals surface area contributed by atoms with Gasteiger partial charge in [-0.05, 0) is 43.9 Å². The summed E-state index contributed by atoms with van der Waals surface area (Å²) in [5.74, 6) is 0. The molecule has 2 aromatic rings. The molecule has 0 amide bonds. The molecule has 6 nitrogen and oxygen atoms in total. The maximum absolute atomic E-state index is 12.0. The lowest BCUT2D eigenvalue weighted by atomic mass is 10.1. The molecule has 0 aliphatic heterocycles. The maximum atomic E-state index is 12.0. The van der Waals surface area contributed by atoms with Gasteiger partial charge in [0.1, 0.15) is 0 Å². The van der Waals surface area contributed by atoms with E-state index in [2.05, 4.69) is 0 Å². The minimum Gasteiger partial charge on any atom is -0.266 e. The van der Waals surface area contributed by atoms with E-state index in [-0.39, 0.29) is 17.2 Å². The third-order valence-corrected chi connectivity index (χ3v) is 4.88. The molecule has 0 aliphatic rings. The van der Waals surface area contributed by atoms with E-state index in [4.69, 9.17) is 4.18 Å². The molecule has 128 valence electrons. The van der Waals surface area contributed by atoms with Crippen LogP contribution in [-0.2, 0) is 20.7 Å². The predicted octanol–water partition coefficient (Wildman–Crippen LogP) is 3.63. The van der Waals surface area contributed by atoms with E-state index in [9.17, 15) is 18.5 Å². The van der Waals surface area contributed by atoms with Crippen molar-refractivity contribution in [3.05, 3.63) is 69.8 Å². The highest BCUT2D eigenvalue weighted by atomic mass is 32.2. The van der Waals surface area contributed by atoms with Crippen LogP contribution in [0.15, 0.2) is 53.4 Å².